The van der Waals surface area contributed by atoms with Crippen molar-refractivity contribution in [2.75, 3.05) is 0 Å². The number of pyridine rings is 1. The van der Waals surface area contributed by atoms with E-state index < -0.39 is 29.3 Å². The van der Waals surface area contributed by atoms with Crippen molar-refractivity contribution in [2.24, 2.45) is 0 Å². The van der Waals surface area contributed by atoms with Gasteiger partial charge < -0.3 is 14.8 Å². The molecule has 1 aromatic heterocycles. The van der Waals surface area contributed by atoms with Gasteiger partial charge >= 0.3 is 5.97 Å². The third-order valence-corrected chi connectivity index (χ3v) is 5.07. The molecule has 0 aliphatic rings. The predicted octanol–water partition coefficient (Wildman–Crippen LogP) is 6.77. The van der Waals surface area contributed by atoms with Crippen LogP contribution in [0.15, 0.2) is 54.7 Å². The fourth-order valence-corrected chi connectivity index (χ4v) is 3.20. The highest BCUT2D eigenvalue weighted by Crippen LogP contribution is 2.28. The number of nitrogens with zero attached hydrogens (tertiary/aromatic N) is 1. The number of ether oxygens (including phenoxy) is 2. The molecule has 34 heavy (non-hydrogen) atoms. The van der Waals surface area contributed by atoms with E-state index in [1.165, 1.54) is 24.4 Å². The van der Waals surface area contributed by atoms with Crippen molar-refractivity contribution in [3.05, 3.63) is 87.3 Å². The summed E-state index contributed by atoms with van der Waals surface area (Å²) in [5.74, 6) is -1.51. The second-order valence-electron chi connectivity index (χ2n) is 8.50. The van der Waals surface area contributed by atoms with Crippen LogP contribution in [0.25, 0.3) is 0 Å². The molecule has 1 N–H and O–H groups in total. The fraction of sp³-hybridized carbons (Fsp3) is 0.240. The molecule has 0 radical (unpaired) electrons. The van der Waals surface area contributed by atoms with Gasteiger partial charge in [-0.3, -0.25) is 4.79 Å². The maximum Gasteiger partial charge on any atom is 0.338 e. The molecule has 0 bridgehead atoms. The first-order chi connectivity index (χ1) is 15.9. The summed E-state index contributed by atoms with van der Waals surface area (Å²) in [6.07, 6.45) is 1.32. The van der Waals surface area contributed by atoms with Gasteiger partial charge in [-0.05, 0) is 63.6 Å². The maximum absolute atomic E-state index is 13.8. The first-order valence-corrected chi connectivity index (χ1v) is 11.1. The van der Waals surface area contributed by atoms with Crippen LogP contribution >= 0.6 is 23.2 Å². The Kier molecular flexibility index (Phi) is 7.79. The van der Waals surface area contributed by atoms with Crippen molar-refractivity contribution < 1.29 is 23.5 Å². The van der Waals surface area contributed by atoms with Gasteiger partial charge in [-0.1, -0.05) is 35.3 Å². The van der Waals surface area contributed by atoms with Crippen LogP contribution in [0.3, 0.4) is 0 Å². The highest BCUT2D eigenvalue weighted by molar-refractivity contribution is 6.31. The van der Waals surface area contributed by atoms with Crippen molar-refractivity contribution in [1.29, 1.82) is 0 Å². The van der Waals surface area contributed by atoms with E-state index in [-0.39, 0.29) is 27.2 Å². The van der Waals surface area contributed by atoms with Gasteiger partial charge in [0.25, 0.3) is 5.91 Å². The normalized spacial score (nSPS) is 12.1. The van der Waals surface area contributed by atoms with Crippen LogP contribution < -0.4 is 10.1 Å². The second-order valence-corrected chi connectivity index (χ2v) is 9.35. The standard InChI is InChI=1S/C25H23Cl2FN2O4/c1-14(15-5-7-16(8-6-15)24(32)34-25(2,3)4)30-22(31)19-11-17(26)13-29-23(19)33-18-9-10-20(27)21(28)12-18/h5-14H,1-4H3,(H,30,31)/t14-/m0/s1. The van der Waals surface area contributed by atoms with Crippen LogP contribution in [-0.4, -0.2) is 22.5 Å². The molecule has 1 atom stereocenters. The minimum atomic E-state index is -0.664. The lowest BCUT2D eigenvalue weighted by Gasteiger charge is -2.20. The summed E-state index contributed by atoms with van der Waals surface area (Å²) in [5.41, 5.74) is 0.639. The molecule has 2 aromatic carbocycles. The Morgan fingerprint density at radius 2 is 1.74 bits per heavy atom. The number of amides is 1. The quantitative estimate of drug-likeness (QED) is 0.375. The lowest BCUT2D eigenvalue weighted by molar-refractivity contribution is 0.00693. The van der Waals surface area contributed by atoms with E-state index in [1.54, 1.807) is 52.0 Å². The fourth-order valence-electron chi connectivity index (χ4n) is 2.93. The zero-order valence-electron chi connectivity index (χ0n) is 19.0. The topological polar surface area (TPSA) is 77.5 Å². The SMILES string of the molecule is C[C@H](NC(=O)c1cc(Cl)cnc1Oc1ccc(Cl)c(F)c1)c1ccc(C(=O)OC(C)(C)C)cc1. The average Bonchev–Trinajstić information content (AvgIpc) is 2.76. The zero-order chi connectivity index (χ0) is 25.0. The molecule has 1 amide bonds. The summed E-state index contributed by atoms with van der Waals surface area (Å²) in [6, 6.07) is 11.6. The van der Waals surface area contributed by atoms with Crippen LogP contribution in [0.4, 0.5) is 4.39 Å². The summed E-state index contributed by atoms with van der Waals surface area (Å²) < 4.78 is 24.7. The molecular formula is C25H23Cl2FN2O4. The Hall–Kier alpha value is -3.16. The molecule has 3 rings (SSSR count). The van der Waals surface area contributed by atoms with Gasteiger partial charge in [-0.15, -0.1) is 0 Å². The van der Waals surface area contributed by atoms with Crippen LogP contribution in [0, 0.1) is 5.82 Å². The third kappa shape index (κ3) is 6.68. The minimum Gasteiger partial charge on any atom is -0.456 e. The lowest BCUT2D eigenvalue weighted by atomic mass is 10.1. The summed E-state index contributed by atoms with van der Waals surface area (Å²) in [7, 11) is 0. The van der Waals surface area contributed by atoms with E-state index >= 15 is 0 Å². The van der Waals surface area contributed by atoms with Gasteiger partial charge in [0.05, 0.1) is 21.7 Å². The molecule has 1 heterocycles. The molecule has 6 nitrogen and oxygen atoms in total. The number of halogens is 3. The second kappa shape index (κ2) is 10.4. The zero-order valence-corrected chi connectivity index (χ0v) is 20.5. The van der Waals surface area contributed by atoms with Gasteiger partial charge in [0, 0.05) is 12.3 Å². The summed E-state index contributed by atoms with van der Waals surface area (Å²) >= 11 is 11.7. The van der Waals surface area contributed by atoms with Gasteiger partial charge in [-0.2, -0.15) is 0 Å². The molecule has 0 unspecified atom stereocenters. The minimum absolute atomic E-state index is 0.0453. The molecular weight excluding hydrogens is 482 g/mol. The van der Waals surface area contributed by atoms with Crippen molar-refractivity contribution in [3.8, 4) is 11.6 Å². The molecule has 0 spiro atoms. The van der Waals surface area contributed by atoms with Gasteiger partial charge in [0.2, 0.25) is 5.88 Å². The summed E-state index contributed by atoms with van der Waals surface area (Å²) in [5, 5.41) is 3.02. The molecule has 9 heteroatoms. The van der Waals surface area contributed by atoms with Crippen molar-refractivity contribution in [2.45, 2.75) is 39.3 Å². The lowest BCUT2D eigenvalue weighted by Crippen LogP contribution is -2.27. The smallest absolute Gasteiger partial charge is 0.338 e. The van der Waals surface area contributed by atoms with Crippen LogP contribution in [0.2, 0.25) is 10.0 Å². The highest BCUT2D eigenvalue weighted by atomic mass is 35.5. The first-order valence-electron chi connectivity index (χ1n) is 10.4. The number of carbonyl (C=O) groups is 2. The van der Waals surface area contributed by atoms with E-state index in [2.05, 4.69) is 10.3 Å². The molecule has 0 fully saturated rings. The number of benzene rings is 2. The maximum atomic E-state index is 13.8. The van der Waals surface area contributed by atoms with Crippen molar-refractivity contribution in [1.82, 2.24) is 10.3 Å². The van der Waals surface area contributed by atoms with E-state index in [4.69, 9.17) is 32.7 Å². The van der Waals surface area contributed by atoms with Crippen LogP contribution in [0.1, 0.15) is 60.0 Å². The number of nitrogens with one attached hydrogen (secondary N) is 1. The van der Waals surface area contributed by atoms with Gasteiger partial charge in [0.1, 0.15) is 22.7 Å². The monoisotopic (exact) mass is 504 g/mol. The molecule has 178 valence electrons. The Morgan fingerprint density at radius 3 is 2.35 bits per heavy atom. The Bertz CT molecular complexity index is 1210. The van der Waals surface area contributed by atoms with Crippen LogP contribution in [0.5, 0.6) is 11.6 Å². The van der Waals surface area contributed by atoms with Crippen molar-refractivity contribution >= 4 is 35.1 Å². The number of carbonyl (C=O) groups excluding carboxylic acids is 2. The van der Waals surface area contributed by atoms with Crippen molar-refractivity contribution in [3.63, 3.8) is 0 Å². The summed E-state index contributed by atoms with van der Waals surface area (Å²) in [4.78, 5) is 29.3. The highest BCUT2D eigenvalue weighted by Gasteiger charge is 2.20. The number of aromatic nitrogens is 1. The van der Waals surface area contributed by atoms with Crippen LogP contribution in [-0.2, 0) is 4.74 Å². The number of hydrogen-bond acceptors (Lipinski definition) is 5. The molecule has 0 aliphatic carbocycles. The van der Waals surface area contributed by atoms with Gasteiger partial charge in [-0.25, -0.2) is 14.2 Å². The molecule has 3 aromatic rings. The predicted molar refractivity (Wildman–Crippen MR) is 128 cm³/mol. The average molecular weight is 505 g/mol. The third-order valence-electron chi connectivity index (χ3n) is 4.56. The van der Waals surface area contributed by atoms with E-state index in [1.807, 2.05) is 0 Å². The summed E-state index contributed by atoms with van der Waals surface area (Å²) in [6.45, 7) is 7.17. The Balaban J connectivity index is 1.75. The number of esters is 1. The first kappa shape index (κ1) is 25.5. The number of rotatable bonds is 6. The molecule has 0 aliphatic heterocycles. The van der Waals surface area contributed by atoms with E-state index in [9.17, 15) is 14.0 Å². The molecule has 0 saturated heterocycles. The number of hydrogen-bond donors (Lipinski definition) is 1. The Labute approximate surface area is 207 Å². The van der Waals surface area contributed by atoms with E-state index in [0.717, 1.165) is 11.6 Å². The Morgan fingerprint density at radius 1 is 1.06 bits per heavy atom. The largest absolute Gasteiger partial charge is 0.456 e. The van der Waals surface area contributed by atoms with Gasteiger partial charge in [0.15, 0.2) is 0 Å². The molecule has 0 saturated carbocycles. The van der Waals surface area contributed by atoms with E-state index in [0.29, 0.717) is 5.56 Å².